The number of carbonyl (C=O) groups excluding carboxylic acids is 1. The van der Waals surface area contributed by atoms with Crippen LogP contribution in [0.4, 0.5) is 8.78 Å². The Morgan fingerprint density at radius 3 is 1.92 bits per heavy atom. The zero-order valence-corrected chi connectivity index (χ0v) is 21.5. The lowest BCUT2D eigenvalue weighted by Crippen LogP contribution is -2.25. The maximum Gasteiger partial charge on any atom is 0.314 e. The van der Waals surface area contributed by atoms with E-state index >= 15 is 0 Å². The Bertz CT molecular complexity index is 1030. The van der Waals surface area contributed by atoms with Crippen LogP contribution in [-0.2, 0) is 4.79 Å². The summed E-state index contributed by atoms with van der Waals surface area (Å²) in [6.45, 7) is 3.98. The first kappa shape index (κ1) is 26.4. The van der Waals surface area contributed by atoms with Gasteiger partial charge in [0.1, 0.15) is 0 Å². The van der Waals surface area contributed by atoms with E-state index in [9.17, 15) is 13.6 Å². The van der Waals surface area contributed by atoms with Crippen LogP contribution in [0.1, 0.15) is 101 Å². The van der Waals surface area contributed by atoms with Crippen molar-refractivity contribution in [2.24, 2.45) is 11.8 Å². The molecule has 2 saturated carbocycles. The van der Waals surface area contributed by atoms with Gasteiger partial charge in [0.2, 0.25) is 11.6 Å². The summed E-state index contributed by atoms with van der Waals surface area (Å²) in [4.78, 5) is 12.7. The van der Waals surface area contributed by atoms with Crippen molar-refractivity contribution in [3.8, 4) is 11.5 Å². The zero-order chi connectivity index (χ0) is 25.5. The van der Waals surface area contributed by atoms with Crippen molar-refractivity contribution in [3.05, 3.63) is 71.5 Å². The Labute approximate surface area is 213 Å². The third-order valence-electron chi connectivity index (χ3n) is 8.04. The quantitative estimate of drug-likeness (QED) is 0.208. The number of rotatable bonds is 8. The van der Waals surface area contributed by atoms with Gasteiger partial charge in [-0.3, -0.25) is 4.79 Å². The molecule has 0 bridgehead atoms. The van der Waals surface area contributed by atoms with E-state index in [4.69, 9.17) is 9.47 Å². The fourth-order valence-corrected chi connectivity index (χ4v) is 5.91. The number of ether oxygens (including phenoxy) is 2. The van der Waals surface area contributed by atoms with E-state index in [0.29, 0.717) is 24.7 Å². The van der Waals surface area contributed by atoms with Crippen molar-refractivity contribution >= 4 is 5.97 Å². The Kier molecular flexibility index (Phi) is 9.17. The first-order valence-corrected chi connectivity index (χ1v) is 13.6. The molecule has 2 aromatic rings. The first-order valence-electron chi connectivity index (χ1n) is 13.6. The molecule has 2 aliphatic carbocycles. The molecule has 0 saturated heterocycles. The molecule has 0 heterocycles. The molecule has 0 spiro atoms. The number of esters is 1. The molecule has 0 radical (unpaired) electrons. The molecule has 0 unspecified atom stereocenters. The second-order valence-corrected chi connectivity index (χ2v) is 10.4. The number of carbonyl (C=O) groups is 1. The van der Waals surface area contributed by atoms with Crippen LogP contribution in [0.3, 0.4) is 0 Å². The van der Waals surface area contributed by atoms with Crippen LogP contribution in [0.5, 0.6) is 11.5 Å². The van der Waals surface area contributed by atoms with Crippen molar-refractivity contribution in [3.63, 3.8) is 0 Å². The fraction of sp³-hybridized carbons (Fsp3) is 0.516. The summed E-state index contributed by atoms with van der Waals surface area (Å²) >= 11 is 0. The highest BCUT2D eigenvalue weighted by Crippen LogP contribution is 2.40. The molecular weight excluding hydrogens is 458 g/mol. The van der Waals surface area contributed by atoms with E-state index in [1.165, 1.54) is 68.0 Å². The Balaban J connectivity index is 1.28. The zero-order valence-electron chi connectivity index (χ0n) is 21.5. The topological polar surface area (TPSA) is 35.5 Å². The monoisotopic (exact) mass is 496 g/mol. The molecule has 36 heavy (non-hydrogen) atoms. The van der Waals surface area contributed by atoms with E-state index in [2.05, 4.69) is 31.2 Å². The predicted molar refractivity (Wildman–Crippen MR) is 138 cm³/mol. The average Bonchev–Trinajstić information content (AvgIpc) is 2.92. The standard InChI is InChI=1S/C31H38F2O3/c1-3-5-21-6-8-22(9-7-21)23-10-12-24(13-11-23)25-14-16-26(17-15-25)31(34)36-28-19-18-27(35-20-4-2)29(32)30(28)33/h4,10-13,18-22,25-26H,3,5-9,14-17H2,1-2H3. The molecule has 3 nitrogen and oxygen atoms in total. The minimum atomic E-state index is -1.21. The molecule has 5 heteroatoms. The molecule has 2 fully saturated rings. The van der Waals surface area contributed by atoms with Crippen molar-refractivity contribution < 1.29 is 23.0 Å². The second kappa shape index (κ2) is 12.5. The summed E-state index contributed by atoms with van der Waals surface area (Å²) in [6, 6.07) is 11.7. The van der Waals surface area contributed by atoms with Gasteiger partial charge in [-0.1, -0.05) is 50.1 Å². The van der Waals surface area contributed by atoms with Gasteiger partial charge in [-0.2, -0.15) is 8.78 Å². The van der Waals surface area contributed by atoms with Gasteiger partial charge in [0.25, 0.3) is 0 Å². The van der Waals surface area contributed by atoms with Gasteiger partial charge >= 0.3 is 5.97 Å². The average molecular weight is 497 g/mol. The minimum Gasteiger partial charge on any atom is -0.462 e. The number of hydrogen-bond donors (Lipinski definition) is 0. The van der Waals surface area contributed by atoms with E-state index in [-0.39, 0.29) is 11.7 Å². The Hall–Kier alpha value is -2.69. The van der Waals surface area contributed by atoms with Gasteiger partial charge in [-0.15, -0.1) is 0 Å². The summed E-state index contributed by atoms with van der Waals surface area (Å²) < 4.78 is 38.8. The molecule has 0 N–H and O–H groups in total. The molecule has 4 rings (SSSR count). The van der Waals surface area contributed by atoms with Crippen molar-refractivity contribution in [1.82, 2.24) is 0 Å². The van der Waals surface area contributed by atoms with Crippen LogP contribution in [0.25, 0.3) is 0 Å². The molecule has 194 valence electrons. The molecule has 2 aromatic carbocycles. The molecule has 0 aliphatic heterocycles. The van der Waals surface area contributed by atoms with Crippen molar-refractivity contribution in [2.45, 2.75) is 89.9 Å². The van der Waals surface area contributed by atoms with Gasteiger partial charge in [0, 0.05) is 0 Å². The highest BCUT2D eigenvalue weighted by molar-refractivity contribution is 5.75. The lowest BCUT2D eigenvalue weighted by molar-refractivity contribution is -0.140. The maximum atomic E-state index is 14.4. The van der Waals surface area contributed by atoms with Gasteiger partial charge < -0.3 is 9.47 Å². The van der Waals surface area contributed by atoms with Crippen molar-refractivity contribution in [1.29, 1.82) is 0 Å². The first-order chi connectivity index (χ1) is 17.5. The van der Waals surface area contributed by atoms with Crippen LogP contribution >= 0.6 is 0 Å². The summed E-state index contributed by atoms with van der Waals surface area (Å²) in [5, 5.41) is 0. The summed E-state index contributed by atoms with van der Waals surface area (Å²) in [5.74, 6) is -1.81. The van der Waals surface area contributed by atoms with Crippen LogP contribution < -0.4 is 9.47 Å². The number of allylic oxidation sites excluding steroid dienone is 1. The van der Waals surface area contributed by atoms with Crippen LogP contribution in [0, 0.1) is 23.5 Å². The molecular formula is C31H38F2O3. The second-order valence-electron chi connectivity index (χ2n) is 10.4. The predicted octanol–water partition coefficient (Wildman–Crippen LogP) is 8.83. The fourth-order valence-electron chi connectivity index (χ4n) is 5.91. The SMILES string of the molecule is CC=COc1ccc(OC(=O)C2CCC(c3ccc(C4CCC(CCC)CC4)cc3)CC2)c(F)c1F. The third kappa shape index (κ3) is 6.35. The maximum absolute atomic E-state index is 14.4. The lowest BCUT2D eigenvalue weighted by Gasteiger charge is -2.30. The molecule has 0 amide bonds. The molecule has 0 aromatic heterocycles. The van der Waals surface area contributed by atoms with Gasteiger partial charge in [0.05, 0.1) is 12.2 Å². The number of hydrogen-bond acceptors (Lipinski definition) is 3. The van der Waals surface area contributed by atoms with Gasteiger partial charge in [-0.05, 0) is 99.3 Å². The van der Waals surface area contributed by atoms with Crippen LogP contribution in [0.2, 0.25) is 0 Å². The summed E-state index contributed by atoms with van der Waals surface area (Å²) in [5.41, 5.74) is 2.79. The van der Waals surface area contributed by atoms with E-state index < -0.39 is 23.4 Å². The molecule has 2 aliphatic rings. The highest BCUT2D eigenvalue weighted by Gasteiger charge is 2.30. The van der Waals surface area contributed by atoms with E-state index in [0.717, 1.165) is 18.8 Å². The lowest BCUT2D eigenvalue weighted by atomic mass is 9.76. The Morgan fingerprint density at radius 1 is 0.833 bits per heavy atom. The van der Waals surface area contributed by atoms with Gasteiger partial charge in [0.15, 0.2) is 11.5 Å². The largest absolute Gasteiger partial charge is 0.462 e. The molecule has 0 atom stereocenters. The smallest absolute Gasteiger partial charge is 0.314 e. The van der Waals surface area contributed by atoms with Crippen LogP contribution in [-0.4, -0.2) is 5.97 Å². The van der Waals surface area contributed by atoms with Crippen LogP contribution in [0.15, 0.2) is 48.7 Å². The summed E-state index contributed by atoms with van der Waals surface area (Å²) in [7, 11) is 0. The van der Waals surface area contributed by atoms with E-state index in [1.54, 1.807) is 13.0 Å². The minimum absolute atomic E-state index is 0.249. The highest BCUT2D eigenvalue weighted by atomic mass is 19.2. The van der Waals surface area contributed by atoms with Crippen molar-refractivity contribution in [2.75, 3.05) is 0 Å². The Morgan fingerprint density at radius 2 is 1.36 bits per heavy atom. The number of benzene rings is 2. The third-order valence-corrected chi connectivity index (χ3v) is 8.04. The van der Waals surface area contributed by atoms with Gasteiger partial charge in [-0.25, -0.2) is 0 Å². The number of halogens is 2. The summed E-state index contributed by atoms with van der Waals surface area (Å²) in [6.07, 6.45) is 13.9. The normalized spacial score (nSPS) is 24.6. The van der Waals surface area contributed by atoms with E-state index in [1.807, 2.05) is 0 Å².